The molecule has 0 bridgehead atoms. The number of nitrogens with zero attached hydrogens (tertiary/aromatic N) is 1. The van der Waals surface area contributed by atoms with Crippen LogP contribution in [0.25, 0.3) is 0 Å². The number of amides is 1. The van der Waals surface area contributed by atoms with Crippen molar-refractivity contribution in [2.24, 2.45) is 17.6 Å². The van der Waals surface area contributed by atoms with Crippen LogP contribution in [0.5, 0.6) is 0 Å². The van der Waals surface area contributed by atoms with Crippen molar-refractivity contribution in [2.45, 2.75) is 74.5 Å². The molecule has 9 heteroatoms. The van der Waals surface area contributed by atoms with Crippen LogP contribution in [0.1, 0.15) is 56.9 Å². The van der Waals surface area contributed by atoms with E-state index in [4.69, 9.17) is 10.5 Å². The second-order valence-electron chi connectivity index (χ2n) is 11.4. The molecule has 204 valence electrons. The van der Waals surface area contributed by atoms with E-state index in [1.165, 1.54) is 5.56 Å². The number of ether oxygens (including phenoxy) is 1. The Hall–Kier alpha value is -2.17. The van der Waals surface area contributed by atoms with Crippen LogP contribution in [-0.4, -0.2) is 74.4 Å². The lowest BCUT2D eigenvalue weighted by Crippen LogP contribution is -2.53. The lowest BCUT2D eigenvalue weighted by Gasteiger charge is -2.49. The van der Waals surface area contributed by atoms with Gasteiger partial charge in [-0.2, -0.15) is 0 Å². The summed E-state index contributed by atoms with van der Waals surface area (Å²) in [4.78, 5) is 41.1. The van der Waals surface area contributed by atoms with Gasteiger partial charge in [0.25, 0.3) is 0 Å². The zero-order valence-corrected chi connectivity index (χ0v) is 22.4. The van der Waals surface area contributed by atoms with Gasteiger partial charge in [-0.15, -0.1) is 0 Å². The molecule has 37 heavy (non-hydrogen) atoms. The lowest BCUT2D eigenvalue weighted by molar-refractivity contribution is -0.143. The molecule has 1 aliphatic carbocycles. The van der Waals surface area contributed by atoms with Gasteiger partial charge in [0, 0.05) is 36.8 Å². The summed E-state index contributed by atoms with van der Waals surface area (Å²) in [7, 11) is 5.95. The van der Waals surface area contributed by atoms with Gasteiger partial charge in [-0.1, -0.05) is 30.3 Å². The van der Waals surface area contributed by atoms with E-state index in [1.807, 2.05) is 0 Å². The summed E-state index contributed by atoms with van der Waals surface area (Å²) >= 11 is 0. The molecule has 2 heterocycles. The Kier molecular flexibility index (Phi) is 8.81. The van der Waals surface area contributed by atoms with Crippen molar-refractivity contribution in [3.63, 3.8) is 0 Å². The Morgan fingerprint density at radius 2 is 1.84 bits per heavy atom. The van der Waals surface area contributed by atoms with Crippen LogP contribution in [0.4, 0.5) is 0 Å². The second-order valence-corrected chi connectivity index (χ2v) is 11.4. The van der Waals surface area contributed by atoms with Crippen LogP contribution < -0.4 is 21.9 Å². The van der Waals surface area contributed by atoms with Crippen molar-refractivity contribution >= 4 is 17.5 Å². The fourth-order valence-corrected chi connectivity index (χ4v) is 6.84. The first kappa shape index (κ1) is 27.9. The monoisotopic (exact) mass is 513 g/mol. The molecule has 9 nitrogen and oxygen atoms in total. The van der Waals surface area contributed by atoms with E-state index in [1.54, 1.807) is 7.11 Å². The summed E-state index contributed by atoms with van der Waals surface area (Å²) in [5.41, 5.74) is 13.7. The molecular weight excluding hydrogens is 470 g/mol. The summed E-state index contributed by atoms with van der Waals surface area (Å²) in [6, 6.07) is 9.77. The first-order chi connectivity index (χ1) is 17.7. The molecule has 1 saturated carbocycles. The van der Waals surface area contributed by atoms with Gasteiger partial charge >= 0.3 is 0 Å². The summed E-state index contributed by atoms with van der Waals surface area (Å²) in [6.45, 7) is 1.04. The number of methoxy groups -OCH3 is 1. The largest absolute Gasteiger partial charge is 0.385 e. The van der Waals surface area contributed by atoms with Gasteiger partial charge in [-0.25, -0.2) is 0 Å². The van der Waals surface area contributed by atoms with E-state index in [0.717, 1.165) is 32.1 Å². The highest BCUT2D eigenvalue weighted by molar-refractivity contribution is 6.39. The van der Waals surface area contributed by atoms with Gasteiger partial charge in [0.2, 0.25) is 17.5 Å². The van der Waals surface area contributed by atoms with Crippen molar-refractivity contribution in [3.05, 3.63) is 35.9 Å². The highest BCUT2D eigenvalue weighted by atomic mass is 16.5. The minimum atomic E-state index is -0.771. The van der Waals surface area contributed by atoms with E-state index < -0.39 is 35.4 Å². The standard InChI is InChI=1S/C28H43N5O4/c1-33(2)28(19-8-5-4-6-9-19)14-12-27(13-15-28)18-22(31-32-27)20(10-7-17-37-3)24(34)25(35)21-11-16-30-23(21)26(29)36/h4-6,8-9,20-23,30-32H,7,10-18H2,1-3H3,(H2,29,36)/t20?,21-,22?,23+,27?,28?/m0/s1. The number of carbonyl (C=O) groups is 3. The number of primary amides is 1. The zero-order chi connectivity index (χ0) is 26.6. The molecule has 1 amide bonds. The van der Waals surface area contributed by atoms with Crippen molar-refractivity contribution in [2.75, 3.05) is 34.4 Å². The van der Waals surface area contributed by atoms with E-state index >= 15 is 0 Å². The van der Waals surface area contributed by atoms with Gasteiger partial charge in [0.15, 0.2) is 0 Å². The lowest BCUT2D eigenvalue weighted by atomic mass is 9.67. The third-order valence-corrected chi connectivity index (χ3v) is 9.13. The first-order valence-electron chi connectivity index (χ1n) is 13.6. The van der Waals surface area contributed by atoms with E-state index in [0.29, 0.717) is 32.4 Å². The molecule has 5 N–H and O–H groups in total. The number of benzene rings is 1. The number of hydrazine groups is 1. The average molecular weight is 514 g/mol. The molecule has 2 saturated heterocycles. The second kappa shape index (κ2) is 11.7. The fraction of sp³-hybridized carbons (Fsp3) is 0.679. The highest BCUT2D eigenvalue weighted by Crippen LogP contribution is 2.47. The number of carbonyl (C=O) groups excluding carboxylic acids is 3. The van der Waals surface area contributed by atoms with Gasteiger partial charge < -0.3 is 15.8 Å². The average Bonchev–Trinajstić information content (AvgIpc) is 3.55. The van der Waals surface area contributed by atoms with Gasteiger partial charge in [-0.05, 0) is 77.6 Å². The van der Waals surface area contributed by atoms with Crippen LogP contribution in [0.2, 0.25) is 0 Å². The maximum absolute atomic E-state index is 13.6. The van der Waals surface area contributed by atoms with Crippen LogP contribution in [-0.2, 0) is 24.7 Å². The Balaban J connectivity index is 1.47. The Morgan fingerprint density at radius 3 is 2.46 bits per heavy atom. The number of Topliss-reactive ketones (excluding diaryl/α,β-unsaturated/α-hetero) is 2. The quantitative estimate of drug-likeness (QED) is 0.258. The van der Waals surface area contributed by atoms with Crippen LogP contribution in [0, 0.1) is 11.8 Å². The first-order valence-corrected chi connectivity index (χ1v) is 13.6. The van der Waals surface area contributed by atoms with Crippen LogP contribution in [0.3, 0.4) is 0 Å². The number of nitrogens with two attached hydrogens (primary N) is 1. The van der Waals surface area contributed by atoms with Crippen LogP contribution >= 0.6 is 0 Å². The molecular formula is C28H43N5O4. The van der Waals surface area contributed by atoms with E-state index in [2.05, 4.69) is 65.5 Å². The fourth-order valence-electron chi connectivity index (χ4n) is 6.84. The Bertz CT molecular complexity index is 961. The topological polar surface area (TPSA) is 126 Å². The van der Waals surface area contributed by atoms with Gasteiger partial charge in [0.1, 0.15) is 0 Å². The molecule has 2 unspecified atom stereocenters. The molecule has 4 rings (SSSR count). The zero-order valence-electron chi connectivity index (χ0n) is 22.4. The number of nitrogens with one attached hydrogen (secondary N) is 3. The highest BCUT2D eigenvalue weighted by Gasteiger charge is 2.51. The van der Waals surface area contributed by atoms with Crippen molar-refractivity contribution in [1.29, 1.82) is 0 Å². The number of rotatable bonds is 11. The van der Waals surface area contributed by atoms with Crippen molar-refractivity contribution in [1.82, 2.24) is 21.1 Å². The van der Waals surface area contributed by atoms with E-state index in [-0.39, 0.29) is 17.1 Å². The smallest absolute Gasteiger partial charge is 0.235 e. The molecule has 3 fully saturated rings. The minimum Gasteiger partial charge on any atom is -0.385 e. The number of ketones is 2. The summed E-state index contributed by atoms with van der Waals surface area (Å²) in [5.74, 6) is -2.60. The predicted octanol–water partition coefficient (Wildman–Crippen LogP) is 1.27. The van der Waals surface area contributed by atoms with E-state index in [9.17, 15) is 14.4 Å². The number of hydrogen-bond acceptors (Lipinski definition) is 8. The molecule has 4 atom stereocenters. The molecule has 1 spiro atoms. The molecule has 0 aromatic heterocycles. The summed E-state index contributed by atoms with van der Waals surface area (Å²) in [6.07, 6.45) is 6.41. The summed E-state index contributed by atoms with van der Waals surface area (Å²) < 4.78 is 5.23. The van der Waals surface area contributed by atoms with Crippen molar-refractivity contribution < 1.29 is 19.1 Å². The predicted molar refractivity (Wildman–Crippen MR) is 141 cm³/mol. The van der Waals surface area contributed by atoms with Gasteiger partial charge in [0.05, 0.1) is 12.0 Å². The third kappa shape index (κ3) is 5.66. The normalized spacial score (nSPS) is 32.6. The summed E-state index contributed by atoms with van der Waals surface area (Å²) in [5, 5.41) is 2.98. The molecule has 3 aliphatic rings. The minimum absolute atomic E-state index is 0.0187. The molecule has 1 aromatic rings. The SMILES string of the molecule is COCCCC(C(=O)C(=O)[C@H]1CCN[C@H]1C(N)=O)C1CC2(CCC(c3ccccc3)(N(C)C)CC2)NN1. The maximum Gasteiger partial charge on any atom is 0.235 e. The third-order valence-electron chi connectivity index (χ3n) is 9.13. The Labute approximate surface area is 220 Å². The van der Waals surface area contributed by atoms with Crippen molar-refractivity contribution in [3.8, 4) is 0 Å². The maximum atomic E-state index is 13.6. The number of hydrogen-bond donors (Lipinski definition) is 4. The van der Waals surface area contributed by atoms with Crippen LogP contribution in [0.15, 0.2) is 30.3 Å². The molecule has 0 radical (unpaired) electrons. The molecule has 2 aliphatic heterocycles. The van der Waals surface area contributed by atoms with Gasteiger partial charge in [-0.3, -0.25) is 30.1 Å². The molecule has 1 aromatic carbocycles. The Morgan fingerprint density at radius 1 is 1.14 bits per heavy atom.